The van der Waals surface area contributed by atoms with Crippen molar-refractivity contribution in [2.24, 2.45) is 0 Å². The molecule has 2 nitrogen and oxygen atoms in total. The van der Waals surface area contributed by atoms with Crippen molar-refractivity contribution in [3.05, 3.63) is 27.7 Å². The molecule has 100 valence electrons. The van der Waals surface area contributed by atoms with E-state index in [4.69, 9.17) is 0 Å². The van der Waals surface area contributed by atoms with Gasteiger partial charge in [-0.2, -0.15) is 13.2 Å². The number of alkyl halides is 3. The molecule has 1 aliphatic heterocycles. The number of halogens is 4. The Bertz CT molecular complexity index is 442. The van der Waals surface area contributed by atoms with Crippen LogP contribution < -0.4 is 5.32 Å². The van der Waals surface area contributed by atoms with Crippen molar-refractivity contribution in [2.75, 3.05) is 6.54 Å². The van der Waals surface area contributed by atoms with Crippen LogP contribution in [0.2, 0.25) is 0 Å². The highest BCUT2D eigenvalue weighted by atomic mass is 79.9. The van der Waals surface area contributed by atoms with E-state index in [1.807, 2.05) is 0 Å². The molecule has 0 radical (unpaired) electrons. The molecule has 2 N–H and O–H groups in total. The maximum Gasteiger partial charge on any atom is 0.420 e. The summed E-state index contributed by atoms with van der Waals surface area (Å²) in [5.41, 5.74) is -0.671. The van der Waals surface area contributed by atoms with E-state index >= 15 is 0 Å². The highest BCUT2D eigenvalue weighted by Crippen LogP contribution is 2.42. The number of piperidine rings is 1. The van der Waals surface area contributed by atoms with Gasteiger partial charge in [-0.05, 0) is 31.5 Å². The van der Waals surface area contributed by atoms with Gasteiger partial charge in [0.15, 0.2) is 0 Å². The van der Waals surface area contributed by atoms with Crippen LogP contribution in [-0.2, 0) is 6.18 Å². The lowest BCUT2D eigenvalue weighted by molar-refractivity contribution is -0.138. The summed E-state index contributed by atoms with van der Waals surface area (Å²) in [6.07, 6.45) is -1.85. The summed E-state index contributed by atoms with van der Waals surface area (Å²) >= 11 is 3.07. The molecule has 0 amide bonds. The van der Waals surface area contributed by atoms with Gasteiger partial charge in [-0.1, -0.05) is 22.4 Å². The van der Waals surface area contributed by atoms with Gasteiger partial charge >= 0.3 is 6.18 Å². The lowest BCUT2D eigenvalue weighted by Crippen LogP contribution is -2.27. The van der Waals surface area contributed by atoms with Crippen molar-refractivity contribution in [1.29, 1.82) is 0 Å². The Morgan fingerprint density at radius 3 is 2.56 bits per heavy atom. The molecule has 1 atom stereocenters. The van der Waals surface area contributed by atoms with Crippen molar-refractivity contribution < 1.29 is 18.3 Å². The van der Waals surface area contributed by atoms with Crippen LogP contribution in [0.15, 0.2) is 16.6 Å². The van der Waals surface area contributed by atoms with Crippen LogP contribution >= 0.6 is 15.9 Å². The van der Waals surface area contributed by atoms with E-state index < -0.39 is 17.5 Å². The fourth-order valence-electron chi connectivity index (χ4n) is 2.22. The minimum absolute atomic E-state index is 0.211. The predicted molar refractivity (Wildman–Crippen MR) is 65.4 cm³/mol. The Kier molecular flexibility index (Phi) is 3.87. The first-order valence-corrected chi connectivity index (χ1v) is 6.52. The highest BCUT2D eigenvalue weighted by Gasteiger charge is 2.36. The summed E-state index contributed by atoms with van der Waals surface area (Å²) in [4.78, 5) is 0. The third-order valence-electron chi connectivity index (χ3n) is 3.10. The fraction of sp³-hybridized carbons (Fsp3) is 0.500. The van der Waals surface area contributed by atoms with Gasteiger partial charge in [0.25, 0.3) is 0 Å². The number of hydrogen-bond acceptors (Lipinski definition) is 2. The number of phenols is 1. The molecule has 0 saturated carbocycles. The Labute approximate surface area is 111 Å². The predicted octanol–water partition coefficient (Wildman–Crippen LogP) is 3.99. The third-order valence-corrected chi connectivity index (χ3v) is 3.55. The first-order chi connectivity index (χ1) is 8.39. The number of aromatic hydroxyl groups is 1. The highest BCUT2D eigenvalue weighted by molar-refractivity contribution is 9.10. The van der Waals surface area contributed by atoms with Gasteiger partial charge in [-0.25, -0.2) is 0 Å². The maximum absolute atomic E-state index is 12.8. The van der Waals surface area contributed by atoms with E-state index in [1.54, 1.807) is 6.07 Å². The quantitative estimate of drug-likeness (QED) is 0.819. The van der Waals surface area contributed by atoms with Gasteiger partial charge in [0, 0.05) is 16.1 Å². The topological polar surface area (TPSA) is 32.3 Å². The molecule has 0 bridgehead atoms. The van der Waals surface area contributed by atoms with Crippen LogP contribution in [0.25, 0.3) is 0 Å². The molecule has 0 aromatic heterocycles. The summed E-state index contributed by atoms with van der Waals surface area (Å²) in [5, 5.41) is 13.0. The van der Waals surface area contributed by atoms with E-state index in [9.17, 15) is 18.3 Å². The SMILES string of the molecule is Oc1c([C@@H]2CCCCN2)cc(Br)cc1C(F)(F)F. The van der Waals surface area contributed by atoms with Crippen LogP contribution in [-0.4, -0.2) is 11.7 Å². The minimum Gasteiger partial charge on any atom is -0.507 e. The van der Waals surface area contributed by atoms with Crippen LogP contribution in [0, 0.1) is 0 Å². The molecule has 2 rings (SSSR count). The van der Waals surface area contributed by atoms with Crippen molar-refractivity contribution in [3.8, 4) is 5.75 Å². The summed E-state index contributed by atoms with van der Waals surface area (Å²) < 4.78 is 38.7. The van der Waals surface area contributed by atoms with Gasteiger partial charge in [-0.3, -0.25) is 0 Å². The smallest absolute Gasteiger partial charge is 0.420 e. The first-order valence-electron chi connectivity index (χ1n) is 5.72. The normalized spacial score (nSPS) is 21.0. The number of nitrogens with one attached hydrogen (secondary N) is 1. The molecule has 1 aliphatic rings. The Morgan fingerprint density at radius 1 is 1.28 bits per heavy atom. The van der Waals surface area contributed by atoms with Crippen molar-refractivity contribution in [1.82, 2.24) is 5.32 Å². The molecule has 1 heterocycles. The van der Waals surface area contributed by atoms with Crippen LogP contribution in [0.3, 0.4) is 0 Å². The Morgan fingerprint density at radius 2 is 2.00 bits per heavy atom. The van der Waals surface area contributed by atoms with E-state index in [2.05, 4.69) is 21.2 Å². The van der Waals surface area contributed by atoms with E-state index in [-0.39, 0.29) is 6.04 Å². The lowest BCUT2D eigenvalue weighted by atomic mass is 9.95. The summed E-state index contributed by atoms with van der Waals surface area (Å²) in [5.74, 6) is -0.662. The van der Waals surface area contributed by atoms with Gasteiger partial charge in [0.05, 0.1) is 5.56 Å². The fourth-order valence-corrected chi connectivity index (χ4v) is 2.69. The average molecular weight is 324 g/mol. The van der Waals surface area contributed by atoms with Gasteiger partial charge < -0.3 is 10.4 Å². The Balaban J connectivity index is 2.44. The molecule has 0 aliphatic carbocycles. The Hall–Kier alpha value is -0.750. The summed E-state index contributed by atoms with van der Waals surface area (Å²) in [6.45, 7) is 0.762. The van der Waals surface area contributed by atoms with Gasteiger partial charge in [0.2, 0.25) is 0 Å². The number of hydrogen-bond donors (Lipinski definition) is 2. The largest absolute Gasteiger partial charge is 0.507 e. The van der Waals surface area contributed by atoms with Crippen molar-refractivity contribution in [2.45, 2.75) is 31.5 Å². The molecule has 0 spiro atoms. The van der Waals surface area contributed by atoms with Crippen LogP contribution in [0.1, 0.15) is 36.4 Å². The molecular formula is C12H13BrF3NO. The summed E-state index contributed by atoms with van der Waals surface area (Å²) in [7, 11) is 0. The monoisotopic (exact) mass is 323 g/mol. The van der Waals surface area contributed by atoms with Gasteiger partial charge in [-0.15, -0.1) is 0 Å². The van der Waals surface area contributed by atoms with Crippen molar-refractivity contribution in [3.63, 3.8) is 0 Å². The zero-order valence-corrected chi connectivity index (χ0v) is 11.1. The van der Waals surface area contributed by atoms with Crippen LogP contribution in [0.5, 0.6) is 5.75 Å². The third kappa shape index (κ3) is 2.80. The van der Waals surface area contributed by atoms with Crippen molar-refractivity contribution >= 4 is 15.9 Å². The molecule has 1 fully saturated rings. The number of benzene rings is 1. The molecule has 1 aromatic carbocycles. The molecule has 1 saturated heterocycles. The average Bonchev–Trinajstić information content (AvgIpc) is 2.31. The molecule has 6 heteroatoms. The molecule has 1 aromatic rings. The minimum atomic E-state index is -4.54. The number of phenolic OH excluding ortho intramolecular Hbond substituents is 1. The van der Waals surface area contributed by atoms with Gasteiger partial charge in [0.1, 0.15) is 5.75 Å². The van der Waals surface area contributed by atoms with Crippen LogP contribution in [0.4, 0.5) is 13.2 Å². The lowest BCUT2D eigenvalue weighted by Gasteiger charge is -2.25. The van der Waals surface area contributed by atoms with E-state index in [0.29, 0.717) is 10.0 Å². The first kappa shape index (κ1) is 13.7. The van der Waals surface area contributed by atoms with E-state index in [0.717, 1.165) is 31.9 Å². The molecule has 18 heavy (non-hydrogen) atoms. The maximum atomic E-state index is 12.8. The second kappa shape index (κ2) is 5.09. The number of rotatable bonds is 1. The second-order valence-corrected chi connectivity index (χ2v) is 5.31. The summed E-state index contributed by atoms with van der Waals surface area (Å²) in [6, 6.07) is 2.24. The second-order valence-electron chi connectivity index (χ2n) is 4.39. The molecule has 0 unspecified atom stereocenters. The standard InChI is InChI=1S/C12H13BrF3NO/c13-7-5-8(10-3-1-2-4-17-10)11(18)9(6-7)12(14,15)16/h5-6,10,17-18H,1-4H2/t10-/m0/s1. The molecular weight excluding hydrogens is 311 g/mol. The zero-order chi connectivity index (χ0) is 13.3. The van der Waals surface area contributed by atoms with E-state index in [1.165, 1.54) is 0 Å². The zero-order valence-electron chi connectivity index (χ0n) is 9.52.